The number of amides is 1. The lowest BCUT2D eigenvalue weighted by Gasteiger charge is -2.21. The van der Waals surface area contributed by atoms with E-state index in [9.17, 15) is 4.79 Å². The van der Waals surface area contributed by atoms with Gasteiger partial charge in [0.15, 0.2) is 0 Å². The highest BCUT2D eigenvalue weighted by Crippen LogP contribution is 2.14. The van der Waals surface area contributed by atoms with Gasteiger partial charge in [0.05, 0.1) is 0 Å². The summed E-state index contributed by atoms with van der Waals surface area (Å²) in [7, 11) is 0. The molecule has 4 heteroatoms. The number of rotatable bonds is 6. The van der Waals surface area contributed by atoms with Crippen LogP contribution in [0.5, 0.6) is 0 Å². The predicted molar refractivity (Wildman–Crippen MR) is 71.4 cm³/mol. The molecule has 0 atom stereocenters. The first-order valence-electron chi connectivity index (χ1n) is 6.06. The molecule has 3 N–H and O–H groups in total. The maximum Gasteiger partial charge on any atom is 0.251 e. The lowest BCUT2D eigenvalue weighted by molar-refractivity contribution is 0.0955. The minimum Gasteiger partial charge on any atom is -0.372 e. The molecule has 0 unspecified atom stereocenters. The highest BCUT2D eigenvalue weighted by atomic mass is 16.1. The second kappa shape index (κ2) is 6.91. The van der Waals surface area contributed by atoms with Crippen molar-refractivity contribution in [2.75, 3.05) is 31.1 Å². The van der Waals surface area contributed by atoms with E-state index in [1.54, 1.807) is 0 Å². The van der Waals surface area contributed by atoms with Crippen molar-refractivity contribution < 1.29 is 4.79 Å². The number of nitrogens with zero attached hydrogens (tertiary/aromatic N) is 1. The molecule has 1 aromatic rings. The topological polar surface area (TPSA) is 58.4 Å². The van der Waals surface area contributed by atoms with Gasteiger partial charge in [0.1, 0.15) is 0 Å². The van der Waals surface area contributed by atoms with Gasteiger partial charge in [-0.25, -0.2) is 0 Å². The smallest absolute Gasteiger partial charge is 0.251 e. The Kier molecular flexibility index (Phi) is 5.49. The molecule has 94 valence electrons. The number of anilines is 1. The number of carbonyl (C=O) groups excluding carboxylic acids is 1. The molecule has 0 saturated heterocycles. The van der Waals surface area contributed by atoms with E-state index in [0.29, 0.717) is 18.7 Å². The van der Waals surface area contributed by atoms with E-state index in [-0.39, 0.29) is 5.91 Å². The van der Waals surface area contributed by atoms with Crippen LogP contribution in [0, 0.1) is 0 Å². The summed E-state index contributed by atoms with van der Waals surface area (Å²) in [5.41, 5.74) is 7.15. The summed E-state index contributed by atoms with van der Waals surface area (Å²) >= 11 is 0. The van der Waals surface area contributed by atoms with Crippen LogP contribution in [-0.4, -0.2) is 32.1 Å². The summed E-state index contributed by atoms with van der Waals surface area (Å²) in [6.45, 7) is 7.14. The van der Waals surface area contributed by atoms with E-state index in [0.717, 1.165) is 18.8 Å². The first-order valence-corrected chi connectivity index (χ1v) is 6.06. The van der Waals surface area contributed by atoms with Crippen molar-refractivity contribution in [3.05, 3.63) is 29.8 Å². The quantitative estimate of drug-likeness (QED) is 0.779. The van der Waals surface area contributed by atoms with E-state index in [1.165, 1.54) is 0 Å². The van der Waals surface area contributed by atoms with Crippen LogP contribution in [0.2, 0.25) is 0 Å². The van der Waals surface area contributed by atoms with Crippen molar-refractivity contribution in [3.8, 4) is 0 Å². The largest absolute Gasteiger partial charge is 0.372 e. The van der Waals surface area contributed by atoms with Crippen molar-refractivity contribution in [1.82, 2.24) is 5.32 Å². The lowest BCUT2D eigenvalue weighted by atomic mass is 10.2. The SMILES string of the molecule is CCN(CC)c1ccc(C(=O)NCCN)cc1. The molecule has 0 aromatic heterocycles. The molecule has 1 aromatic carbocycles. The van der Waals surface area contributed by atoms with Crippen molar-refractivity contribution in [3.63, 3.8) is 0 Å². The molecule has 0 radical (unpaired) electrons. The zero-order valence-corrected chi connectivity index (χ0v) is 10.6. The van der Waals surface area contributed by atoms with Crippen LogP contribution in [0.15, 0.2) is 24.3 Å². The third-order valence-corrected chi connectivity index (χ3v) is 2.69. The highest BCUT2D eigenvalue weighted by molar-refractivity contribution is 5.94. The average molecular weight is 235 g/mol. The molecule has 1 rings (SSSR count). The van der Waals surface area contributed by atoms with Crippen LogP contribution < -0.4 is 16.0 Å². The van der Waals surface area contributed by atoms with Crippen LogP contribution in [0.25, 0.3) is 0 Å². The Balaban J connectivity index is 2.70. The summed E-state index contributed by atoms with van der Waals surface area (Å²) in [6.07, 6.45) is 0. The summed E-state index contributed by atoms with van der Waals surface area (Å²) < 4.78 is 0. The van der Waals surface area contributed by atoms with Crippen LogP contribution in [0.1, 0.15) is 24.2 Å². The minimum absolute atomic E-state index is 0.0680. The zero-order chi connectivity index (χ0) is 12.7. The minimum atomic E-state index is -0.0680. The molecule has 0 aliphatic carbocycles. The van der Waals surface area contributed by atoms with E-state index in [4.69, 9.17) is 5.73 Å². The van der Waals surface area contributed by atoms with Gasteiger partial charge >= 0.3 is 0 Å². The average Bonchev–Trinajstić information content (AvgIpc) is 2.38. The first-order chi connectivity index (χ1) is 8.22. The molecule has 4 nitrogen and oxygen atoms in total. The maximum atomic E-state index is 11.6. The van der Waals surface area contributed by atoms with Gasteiger partial charge in [0, 0.05) is 37.4 Å². The molecule has 0 bridgehead atoms. The normalized spacial score (nSPS) is 10.1. The van der Waals surface area contributed by atoms with Crippen molar-refractivity contribution in [1.29, 1.82) is 0 Å². The lowest BCUT2D eigenvalue weighted by Crippen LogP contribution is -2.29. The van der Waals surface area contributed by atoms with Crippen molar-refractivity contribution in [2.24, 2.45) is 5.73 Å². The summed E-state index contributed by atoms with van der Waals surface area (Å²) in [6, 6.07) is 7.65. The molecular weight excluding hydrogens is 214 g/mol. The molecule has 1 amide bonds. The fraction of sp³-hybridized carbons (Fsp3) is 0.462. The monoisotopic (exact) mass is 235 g/mol. The third-order valence-electron chi connectivity index (χ3n) is 2.69. The van der Waals surface area contributed by atoms with Crippen molar-refractivity contribution >= 4 is 11.6 Å². The Morgan fingerprint density at radius 2 is 1.82 bits per heavy atom. The van der Waals surface area contributed by atoms with Gasteiger partial charge < -0.3 is 16.0 Å². The summed E-state index contributed by atoms with van der Waals surface area (Å²) in [4.78, 5) is 13.9. The fourth-order valence-electron chi connectivity index (χ4n) is 1.70. The second-order valence-electron chi connectivity index (χ2n) is 3.76. The van der Waals surface area contributed by atoms with E-state index >= 15 is 0 Å². The molecular formula is C13H21N3O. The van der Waals surface area contributed by atoms with Gasteiger partial charge in [-0.1, -0.05) is 0 Å². The van der Waals surface area contributed by atoms with Gasteiger partial charge in [0.2, 0.25) is 0 Å². The molecule has 0 aliphatic heterocycles. The Bertz CT molecular complexity index is 344. The number of benzene rings is 1. The van der Waals surface area contributed by atoms with Crippen LogP contribution in [0.3, 0.4) is 0 Å². The highest BCUT2D eigenvalue weighted by Gasteiger charge is 2.06. The molecule has 0 saturated carbocycles. The molecule has 0 aliphatic rings. The predicted octanol–water partition coefficient (Wildman–Crippen LogP) is 1.22. The Morgan fingerprint density at radius 3 is 2.29 bits per heavy atom. The molecule has 17 heavy (non-hydrogen) atoms. The molecule has 0 fully saturated rings. The number of carbonyl (C=O) groups is 1. The standard InChI is InChI=1S/C13H21N3O/c1-3-16(4-2)12-7-5-11(6-8-12)13(17)15-10-9-14/h5-8H,3-4,9-10,14H2,1-2H3,(H,15,17). The van der Waals surface area contributed by atoms with Gasteiger partial charge in [-0.05, 0) is 38.1 Å². The van der Waals surface area contributed by atoms with Gasteiger partial charge in [-0.15, -0.1) is 0 Å². The maximum absolute atomic E-state index is 11.6. The van der Waals surface area contributed by atoms with Crippen LogP contribution >= 0.6 is 0 Å². The number of nitrogens with two attached hydrogens (primary N) is 1. The van der Waals surface area contributed by atoms with E-state index < -0.39 is 0 Å². The molecule has 0 heterocycles. The van der Waals surface area contributed by atoms with Crippen LogP contribution in [-0.2, 0) is 0 Å². The number of nitrogens with one attached hydrogen (secondary N) is 1. The third kappa shape index (κ3) is 3.75. The fourth-order valence-corrected chi connectivity index (χ4v) is 1.70. The van der Waals surface area contributed by atoms with E-state index in [2.05, 4.69) is 24.1 Å². The van der Waals surface area contributed by atoms with Gasteiger partial charge in [-0.2, -0.15) is 0 Å². The Morgan fingerprint density at radius 1 is 1.24 bits per heavy atom. The Hall–Kier alpha value is -1.55. The van der Waals surface area contributed by atoms with E-state index in [1.807, 2.05) is 24.3 Å². The Labute approximate surface area is 103 Å². The van der Waals surface area contributed by atoms with Crippen molar-refractivity contribution in [2.45, 2.75) is 13.8 Å². The van der Waals surface area contributed by atoms with Gasteiger partial charge in [-0.3, -0.25) is 4.79 Å². The second-order valence-corrected chi connectivity index (χ2v) is 3.76. The first kappa shape index (κ1) is 13.5. The zero-order valence-electron chi connectivity index (χ0n) is 10.6. The number of hydrogen-bond donors (Lipinski definition) is 2. The van der Waals surface area contributed by atoms with Gasteiger partial charge in [0.25, 0.3) is 5.91 Å². The molecule has 0 spiro atoms. The number of hydrogen-bond acceptors (Lipinski definition) is 3. The summed E-state index contributed by atoms with van der Waals surface area (Å²) in [5.74, 6) is -0.0680. The van der Waals surface area contributed by atoms with Crippen LogP contribution in [0.4, 0.5) is 5.69 Å². The summed E-state index contributed by atoms with van der Waals surface area (Å²) in [5, 5.41) is 2.75.